The van der Waals surface area contributed by atoms with Crippen LogP contribution >= 0.6 is 10.5 Å². The van der Waals surface area contributed by atoms with Gasteiger partial charge in [0.1, 0.15) is 0 Å². The zero-order valence-corrected chi connectivity index (χ0v) is 5.42. The average molecular weight is 117 g/mol. The summed E-state index contributed by atoms with van der Waals surface area (Å²) in [7, 11) is 0.630. The lowest BCUT2D eigenvalue weighted by atomic mass is 10.8. The highest BCUT2D eigenvalue weighted by molar-refractivity contribution is 8.15. The van der Waals surface area contributed by atoms with Gasteiger partial charge in [-0.3, -0.25) is 5.32 Å². The Morgan fingerprint density at radius 1 is 1.86 bits per heavy atom. The van der Waals surface area contributed by atoms with E-state index in [9.17, 15) is 0 Å². The molecular weight excluding hydrogens is 106 g/mol. The molecule has 1 rings (SSSR count). The van der Waals surface area contributed by atoms with E-state index in [0.717, 1.165) is 0 Å². The summed E-state index contributed by atoms with van der Waals surface area (Å²) < 4.78 is 0. The molecule has 0 radical (unpaired) electrons. The number of nitrogens with one attached hydrogen (secondary N) is 1. The van der Waals surface area contributed by atoms with E-state index in [2.05, 4.69) is 17.7 Å². The summed E-state index contributed by atoms with van der Waals surface area (Å²) in [6.45, 7) is 3.45. The van der Waals surface area contributed by atoms with E-state index >= 15 is 0 Å². The van der Waals surface area contributed by atoms with Crippen LogP contribution in [0, 0.1) is 0 Å². The highest BCUT2D eigenvalue weighted by atomic mass is 32.2. The summed E-state index contributed by atoms with van der Waals surface area (Å²) in [6.07, 6.45) is 0. The Balaban J connectivity index is 2.36. The Bertz CT molecular complexity index is 88.1. The lowest BCUT2D eigenvalue weighted by Gasteiger charge is -1.90. The van der Waals surface area contributed by atoms with E-state index in [1.54, 1.807) is 0 Å². The molecule has 0 fully saturated rings. The molecule has 2 heteroatoms. The van der Waals surface area contributed by atoms with E-state index in [4.69, 9.17) is 0 Å². The molecule has 0 saturated heterocycles. The molecule has 1 heterocycles. The van der Waals surface area contributed by atoms with Gasteiger partial charge in [-0.2, -0.15) is 10.5 Å². The fraction of sp³-hybridized carbons (Fsp3) is 0.800. The van der Waals surface area contributed by atoms with Gasteiger partial charge in [0.15, 0.2) is 0 Å². The van der Waals surface area contributed by atoms with Gasteiger partial charge in [0.25, 0.3) is 0 Å². The Morgan fingerprint density at radius 2 is 2.71 bits per heavy atom. The fourth-order valence-corrected chi connectivity index (χ4v) is 1.96. The van der Waals surface area contributed by atoms with Gasteiger partial charge in [-0.25, -0.2) is 0 Å². The molecule has 1 unspecified atom stereocenters. The second-order valence-electron chi connectivity index (χ2n) is 1.60. The first-order valence-electron chi connectivity index (χ1n) is 2.66. The van der Waals surface area contributed by atoms with Crippen molar-refractivity contribution >= 4 is 16.0 Å². The zero-order chi connectivity index (χ0) is 5.11. The SMILES string of the molecule is CCS1=CNCC1. The molecule has 7 heavy (non-hydrogen) atoms. The first kappa shape index (κ1) is 5.32. The predicted molar refractivity (Wildman–Crippen MR) is 37.1 cm³/mol. The quantitative estimate of drug-likeness (QED) is 0.497. The van der Waals surface area contributed by atoms with Gasteiger partial charge in [0.2, 0.25) is 0 Å². The summed E-state index contributed by atoms with van der Waals surface area (Å²) >= 11 is 0. The van der Waals surface area contributed by atoms with E-state index in [1.165, 1.54) is 18.1 Å². The molecule has 1 aliphatic heterocycles. The van der Waals surface area contributed by atoms with E-state index in [0.29, 0.717) is 10.5 Å². The van der Waals surface area contributed by atoms with E-state index in [-0.39, 0.29) is 0 Å². The normalized spacial score (nSPS) is 30.1. The summed E-state index contributed by atoms with van der Waals surface area (Å²) in [5.74, 6) is 2.70. The van der Waals surface area contributed by atoms with Crippen molar-refractivity contribution in [1.82, 2.24) is 5.32 Å². The van der Waals surface area contributed by atoms with Crippen molar-refractivity contribution in [2.24, 2.45) is 0 Å². The van der Waals surface area contributed by atoms with Crippen LogP contribution in [0.25, 0.3) is 0 Å². The largest absolute Gasteiger partial charge is 0.289 e. The second kappa shape index (κ2) is 2.48. The van der Waals surface area contributed by atoms with Gasteiger partial charge in [0, 0.05) is 17.8 Å². The maximum absolute atomic E-state index is 3.21. The summed E-state index contributed by atoms with van der Waals surface area (Å²) in [4.78, 5) is 0. The van der Waals surface area contributed by atoms with Crippen molar-refractivity contribution in [2.75, 3.05) is 18.1 Å². The second-order valence-corrected chi connectivity index (χ2v) is 3.90. The minimum absolute atomic E-state index is 0.630. The van der Waals surface area contributed by atoms with Gasteiger partial charge in [-0.1, -0.05) is 6.92 Å². The first-order valence-corrected chi connectivity index (χ1v) is 4.29. The molecule has 0 aliphatic carbocycles. The topological polar surface area (TPSA) is 12.0 Å². The maximum atomic E-state index is 3.21. The van der Waals surface area contributed by atoms with Crippen molar-refractivity contribution in [2.45, 2.75) is 6.92 Å². The van der Waals surface area contributed by atoms with Crippen molar-refractivity contribution in [1.29, 1.82) is 0 Å². The van der Waals surface area contributed by atoms with Crippen LogP contribution in [-0.2, 0) is 0 Å². The molecule has 0 aromatic carbocycles. The van der Waals surface area contributed by atoms with Crippen molar-refractivity contribution < 1.29 is 0 Å². The molecule has 0 bridgehead atoms. The molecule has 0 saturated carbocycles. The Labute approximate surface area is 47.0 Å². The van der Waals surface area contributed by atoms with Crippen LogP contribution in [0.2, 0.25) is 0 Å². The zero-order valence-electron chi connectivity index (χ0n) is 4.61. The molecule has 0 aromatic heterocycles. The van der Waals surface area contributed by atoms with Crippen LogP contribution in [0.4, 0.5) is 0 Å². The Kier molecular flexibility index (Phi) is 1.88. The number of hydrogen-bond donors (Lipinski definition) is 1. The molecule has 1 atom stereocenters. The molecule has 0 aromatic rings. The third kappa shape index (κ3) is 1.28. The highest BCUT2D eigenvalue weighted by Crippen LogP contribution is 2.10. The van der Waals surface area contributed by atoms with Gasteiger partial charge >= 0.3 is 0 Å². The average Bonchev–Trinajstić information content (AvgIpc) is 2.14. The van der Waals surface area contributed by atoms with Crippen molar-refractivity contribution in [3.63, 3.8) is 0 Å². The lowest BCUT2D eigenvalue weighted by molar-refractivity contribution is 1.03. The minimum atomic E-state index is 0.630. The molecular formula is C5H11NS. The van der Waals surface area contributed by atoms with E-state index < -0.39 is 0 Å². The Morgan fingerprint density at radius 3 is 3.00 bits per heavy atom. The number of rotatable bonds is 1. The Hall–Kier alpha value is 0.180. The molecule has 42 valence electrons. The van der Waals surface area contributed by atoms with Crippen LogP contribution in [0.15, 0.2) is 0 Å². The smallest absolute Gasteiger partial charge is 0.00850 e. The van der Waals surface area contributed by atoms with Gasteiger partial charge in [-0.05, 0) is 5.75 Å². The van der Waals surface area contributed by atoms with Gasteiger partial charge < -0.3 is 0 Å². The van der Waals surface area contributed by atoms with Crippen LogP contribution in [0.3, 0.4) is 0 Å². The van der Waals surface area contributed by atoms with Crippen LogP contribution in [0.1, 0.15) is 6.92 Å². The highest BCUT2D eigenvalue weighted by Gasteiger charge is 1.96. The standard InChI is InChI=1S/C5H11NS/c1-2-7-4-3-6-5-7/h5-6H,2-4H2,1H3. The van der Waals surface area contributed by atoms with Gasteiger partial charge in [0.05, 0.1) is 0 Å². The first-order chi connectivity index (χ1) is 3.43. The monoisotopic (exact) mass is 117 g/mol. The van der Waals surface area contributed by atoms with Crippen molar-refractivity contribution in [3.8, 4) is 0 Å². The molecule has 0 amide bonds. The predicted octanol–water partition coefficient (Wildman–Crippen LogP) is 0.638. The molecule has 1 nitrogen and oxygen atoms in total. The van der Waals surface area contributed by atoms with Crippen LogP contribution in [0.5, 0.6) is 0 Å². The summed E-state index contributed by atoms with van der Waals surface area (Å²) in [6, 6.07) is 0. The third-order valence-corrected chi connectivity index (χ3v) is 3.10. The maximum Gasteiger partial charge on any atom is 0.00850 e. The number of hydrogen-bond acceptors (Lipinski definition) is 1. The van der Waals surface area contributed by atoms with Crippen LogP contribution in [-0.4, -0.2) is 23.5 Å². The van der Waals surface area contributed by atoms with Crippen molar-refractivity contribution in [3.05, 3.63) is 0 Å². The fourth-order valence-electron chi connectivity index (χ4n) is 0.653. The summed E-state index contributed by atoms with van der Waals surface area (Å²) in [5, 5.41) is 3.21. The lowest BCUT2D eigenvalue weighted by Crippen LogP contribution is -2.04. The summed E-state index contributed by atoms with van der Waals surface area (Å²) in [5.41, 5.74) is 2.24. The van der Waals surface area contributed by atoms with Gasteiger partial charge in [-0.15, -0.1) is 0 Å². The van der Waals surface area contributed by atoms with E-state index in [1.807, 2.05) is 0 Å². The van der Waals surface area contributed by atoms with Crippen LogP contribution < -0.4 is 5.32 Å². The molecule has 1 N–H and O–H groups in total. The molecule has 0 spiro atoms. The minimum Gasteiger partial charge on any atom is -0.289 e. The third-order valence-electron chi connectivity index (χ3n) is 1.13. The molecule has 1 aliphatic rings.